The Morgan fingerprint density at radius 1 is 1.26 bits per heavy atom. The predicted molar refractivity (Wildman–Crippen MR) is 106 cm³/mol. The molecule has 1 aliphatic heterocycles. The third kappa shape index (κ3) is 3.05. The lowest BCUT2D eigenvalue weighted by Gasteiger charge is -2.39. The second-order valence-electron chi connectivity index (χ2n) is 8.49. The average Bonchev–Trinajstić information content (AvgIpc) is 3.37. The first kappa shape index (κ1) is 16.6. The second kappa shape index (κ2) is 6.25. The first-order valence-corrected chi connectivity index (χ1v) is 10.00. The molecule has 5 rings (SSSR count). The van der Waals surface area contributed by atoms with Crippen LogP contribution in [0.5, 0.6) is 0 Å². The minimum absolute atomic E-state index is 0.571. The number of rotatable bonds is 3. The van der Waals surface area contributed by atoms with Gasteiger partial charge in [0.1, 0.15) is 5.52 Å². The minimum Gasteiger partial charge on any atom is -0.339 e. The van der Waals surface area contributed by atoms with Crippen LogP contribution < -0.4 is 10.2 Å². The van der Waals surface area contributed by atoms with Gasteiger partial charge in [0.25, 0.3) is 0 Å². The molecule has 7 heteroatoms. The number of aryl methyl sites for hydroxylation is 1. The summed E-state index contributed by atoms with van der Waals surface area (Å²) in [7, 11) is 0. The Bertz CT molecular complexity index is 948. The maximum absolute atomic E-state index is 4.86. The summed E-state index contributed by atoms with van der Waals surface area (Å²) >= 11 is 0. The van der Waals surface area contributed by atoms with Crippen molar-refractivity contribution in [2.24, 2.45) is 11.3 Å². The molecule has 27 heavy (non-hydrogen) atoms. The van der Waals surface area contributed by atoms with E-state index in [4.69, 9.17) is 10.1 Å². The number of aromatic nitrogens is 5. The smallest absolute Gasteiger partial charge is 0.245 e. The zero-order valence-corrected chi connectivity index (χ0v) is 16.1. The lowest BCUT2D eigenvalue weighted by Crippen LogP contribution is -2.40. The third-order valence-electron chi connectivity index (χ3n) is 6.39. The van der Waals surface area contributed by atoms with Gasteiger partial charge >= 0.3 is 0 Å². The molecule has 0 amide bonds. The van der Waals surface area contributed by atoms with Crippen LogP contribution in [-0.2, 0) is 0 Å². The van der Waals surface area contributed by atoms with Crippen molar-refractivity contribution in [3.8, 4) is 0 Å². The summed E-state index contributed by atoms with van der Waals surface area (Å²) in [4.78, 5) is 7.20. The normalized spacial score (nSPS) is 22.0. The highest BCUT2D eigenvalue weighted by Crippen LogP contribution is 2.48. The number of piperidine rings is 1. The summed E-state index contributed by atoms with van der Waals surface area (Å²) in [6, 6.07) is 6.00. The zero-order chi connectivity index (χ0) is 18.4. The number of aromatic amines is 1. The fraction of sp³-hybridized carbons (Fsp3) is 0.550. The molecule has 2 aliphatic rings. The fourth-order valence-electron chi connectivity index (χ4n) is 4.88. The van der Waals surface area contributed by atoms with Gasteiger partial charge in [-0.1, -0.05) is 13.3 Å². The molecule has 142 valence electrons. The van der Waals surface area contributed by atoms with Gasteiger partial charge in [-0.05, 0) is 56.1 Å². The van der Waals surface area contributed by atoms with Crippen LogP contribution in [0.25, 0.3) is 5.52 Å². The molecule has 1 aliphatic carbocycles. The van der Waals surface area contributed by atoms with E-state index in [9.17, 15) is 0 Å². The number of nitrogens with zero attached hydrogens (tertiary/aromatic N) is 5. The maximum Gasteiger partial charge on any atom is 0.245 e. The molecular weight excluding hydrogens is 338 g/mol. The molecule has 7 nitrogen and oxygen atoms in total. The first-order chi connectivity index (χ1) is 13.1. The summed E-state index contributed by atoms with van der Waals surface area (Å²) in [5.41, 5.74) is 2.55. The van der Waals surface area contributed by atoms with Gasteiger partial charge in [0.2, 0.25) is 5.95 Å². The summed E-state index contributed by atoms with van der Waals surface area (Å²) in [5.74, 6) is 3.26. The Balaban J connectivity index is 1.41. The third-order valence-corrected chi connectivity index (χ3v) is 6.39. The van der Waals surface area contributed by atoms with Gasteiger partial charge in [0.05, 0.1) is 0 Å². The van der Waals surface area contributed by atoms with E-state index in [-0.39, 0.29) is 0 Å². The average molecular weight is 365 g/mol. The molecule has 2 N–H and O–H groups in total. The van der Waals surface area contributed by atoms with Gasteiger partial charge in [0, 0.05) is 31.0 Å². The van der Waals surface area contributed by atoms with E-state index in [1.807, 2.05) is 35.8 Å². The largest absolute Gasteiger partial charge is 0.339 e. The van der Waals surface area contributed by atoms with E-state index in [0.29, 0.717) is 5.41 Å². The minimum atomic E-state index is 0.571. The molecule has 0 radical (unpaired) electrons. The van der Waals surface area contributed by atoms with Crippen molar-refractivity contribution in [2.75, 3.05) is 23.3 Å². The van der Waals surface area contributed by atoms with Crippen molar-refractivity contribution in [1.82, 2.24) is 24.8 Å². The van der Waals surface area contributed by atoms with Crippen molar-refractivity contribution in [2.45, 2.75) is 46.0 Å². The van der Waals surface area contributed by atoms with Crippen LogP contribution in [0.15, 0.2) is 24.4 Å². The number of fused-ring (bicyclic) bond motifs is 1. The first-order valence-electron chi connectivity index (χ1n) is 10.00. The van der Waals surface area contributed by atoms with Crippen LogP contribution in [0, 0.1) is 18.3 Å². The zero-order valence-electron chi connectivity index (χ0n) is 16.1. The quantitative estimate of drug-likeness (QED) is 0.736. The Morgan fingerprint density at radius 3 is 2.81 bits per heavy atom. The highest BCUT2D eigenvalue weighted by molar-refractivity contribution is 5.73. The highest BCUT2D eigenvalue weighted by Gasteiger charge is 2.40. The topological polar surface area (TPSA) is 74.1 Å². The standard InChI is InChI=1S/C20H27N7/c1-14-5-6-20(13-14)7-10-26(11-8-20)19-22-18(16-4-3-9-27(16)25-19)21-17-12-15(2)23-24-17/h3-4,9,12,14H,5-8,10-11,13H2,1-2H3,(H2,21,22,23,24,25). The predicted octanol–water partition coefficient (Wildman–Crippen LogP) is 3.91. The lowest BCUT2D eigenvalue weighted by molar-refractivity contribution is 0.218. The molecule has 1 saturated heterocycles. The molecule has 3 aromatic rings. The molecule has 1 saturated carbocycles. The molecular formula is C20H27N7. The molecule has 3 aromatic heterocycles. The van der Waals surface area contributed by atoms with Gasteiger partial charge in [-0.25, -0.2) is 4.52 Å². The summed E-state index contributed by atoms with van der Waals surface area (Å²) < 4.78 is 1.91. The maximum atomic E-state index is 4.86. The van der Waals surface area contributed by atoms with Crippen molar-refractivity contribution in [3.05, 3.63) is 30.1 Å². The summed E-state index contributed by atoms with van der Waals surface area (Å²) in [5, 5.41) is 15.4. The van der Waals surface area contributed by atoms with Gasteiger partial charge in [0.15, 0.2) is 11.6 Å². The monoisotopic (exact) mass is 365 g/mol. The van der Waals surface area contributed by atoms with Crippen LogP contribution in [-0.4, -0.2) is 37.9 Å². The summed E-state index contributed by atoms with van der Waals surface area (Å²) in [6.45, 7) is 6.48. The number of hydrogen-bond acceptors (Lipinski definition) is 5. The van der Waals surface area contributed by atoms with Crippen LogP contribution in [0.2, 0.25) is 0 Å². The van der Waals surface area contributed by atoms with E-state index >= 15 is 0 Å². The Hall–Kier alpha value is -2.57. The Morgan fingerprint density at radius 2 is 2.11 bits per heavy atom. The van der Waals surface area contributed by atoms with E-state index in [1.54, 1.807) is 0 Å². The van der Waals surface area contributed by atoms with Crippen LogP contribution in [0.1, 0.15) is 44.7 Å². The molecule has 0 aromatic carbocycles. The molecule has 0 bridgehead atoms. The van der Waals surface area contributed by atoms with Gasteiger partial charge in [-0.3, -0.25) is 5.10 Å². The van der Waals surface area contributed by atoms with Crippen LogP contribution in [0.4, 0.5) is 17.6 Å². The van der Waals surface area contributed by atoms with E-state index in [2.05, 4.69) is 27.3 Å². The van der Waals surface area contributed by atoms with Crippen LogP contribution in [0.3, 0.4) is 0 Å². The Labute approximate surface area is 159 Å². The van der Waals surface area contributed by atoms with Gasteiger partial charge in [-0.15, -0.1) is 5.10 Å². The molecule has 4 heterocycles. The molecule has 1 spiro atoms. The molecule has 1 unspecified atom stereocenters. The van der Waals surface area contributed by atoms with E-state index in [1.165, 1.54) is 32.1 Å². The molecule has 1 atom stereocenters. The van der Waals surface area contributed by atoms with Crippen molar-refractivity contribution >= 4 is 23.1 Å². The molecule has 2 fully saturated rings. The highest BCUT2D eigenvalue weighted by atomic mass is 15.4. The van der Waals surface area contributed by atoms with Crippen molar-refractivity contribution < 1.29 is 0 Å². The lowest BCUT2D eigenvalue weighted by atomic mass is 9.76. The fourth-order valence-corrected chi connectivity index (χ4v) is 4.88. The van der Waals surface area contributed by atoms with Crippen molar-refractivity contribution in [1.29, 1.82) is 0 Å². The number of anilines is 3. The summed E-state index contributed by atoms with van der Waals surface area (Å²) in [6.07, 6.45) is 8.67. The SMILES string of the molecule is Cc1cc(Nc2nc(N3CCC4(CCC(C)C4)CC3)nn3cccc23)n[nH]1. The number of H-pyrrole nitrogens is 1. The van der Waals surface area contributed by atoms with Crippen LogP contribution >= 0.6 is 0 Å². The number of nitrogens with one attached hydrogen (secondary N) is 2. The Kier molecular flexibility index (Phi) is 3.84. The van der Waals surface area contributed by atoms with Gasteiger partial charge in [-0.2, -0.15) is 10.1 Å². The van der Waals surface area contributed by atoms with Gasteiger partial charge < -0.3 is 10.2 Å². The van der Waals surface area contributed by atoms with E-state index < -0.39 is 0 Å². The second-order valence-corrected chi connectivity index (χ2v) is 8.49. The number of hydrogen-bond donors (Lipinski definition) is 2. The van der Waals surface area contributed by atoms with E-state index in [0.717, 1.165) is 47.8 Å². The van der Waals surface area contributed by atoms with Crippen molar-refractivity contribution in [3.63, 3.8) is 0 Å².